The number of carbonyl (C=O) groups excluding carboxylic acids is 2. The van der Waals surface area contributed by atoms with Crippen LogP contribution in [0.4, 0.5) is 4.39 Å². The van der Waals surface area contributed by atoms with Crippen molar-refractivity contribution in [2.45, 2.75) is 6.04 Å². The van der Waals surface area contributed by atoms with Gasteiger partial charge in [-0.3, -0.25) is 9.59 Å². The fraction of sp³-hybridized carbons (Fsp3) is 0.333. The summed E-state index contributed by atoms with van der Waals surface area (Å²) < 4.78 is 13.6. The topological polar surface area (TPSA) is 95.7 Å². The molecule has 2 amide bonds. The number of halogens is 1. The zero-order valence-corrected chi connectivity index (χ0v) is 10.1. The molecule has 102 valence electrons. The summed E-state index contributed by atoms with van der Waals surface area (Å²) in [6, 6.07) is 2.47. The van der Waals surface area contributed by atoms with E-state index in [1.165, 1.54) is 17.0 Å². The molecule has 1 unspecified atom stereocenters. The van der Waals surface area contributed by atoms with Crippen LogP contribution in [0.5, 0.6) is 5.75 Å². The summed E-state index contributed by atoms with van der Waals surface area (Å²) in [6.45, 7) is 1.03. The van der Waals surface area contributed by atoms with Gasteiger partial charge in [-0.1, -0.05) is 0 Å². The molecule has 1 aliphatic heterocycles. The van der Waals surface area contributed by atoms with Crippen LogP contribution in [-0.4, -0.2) is 47.5 Å². The lowest BCUT2D eigenvalue weighted by molar-refractivity contribution is -0.122. The molecule has 0 saturated carbocycles. The summed E-state index contributed by atoms with van der Waals surface area (Å²) in [5, 5.41) is 12.1. The number of primary amides is 1. The average Bonchev–Trinajstić information content (AvgIpc) is 2.38. The number of hydrogen-bond acceptors (Lipinski definition) is 4. The Hall–Kier alpha value is -2.15. The van der Waals surface area contributed by atoms with E-state index in [2.05, 4.69) is 5.32 Å². The smallest absolute Gasteiger partial charge is 0.257 e. The Bertz CT molecular complexity index is 521. The van der Waals surface area contributed by atoms with Crippen molar-refractivity contribution in [2.24, 2.45) is 5.73 Å². The van der Waals surface area contributed by atoms with Gasteiger partial charge in [0.2, 0.25) is 5.91 Å². The summed E-state index contributed by atoms with van der Waals surface area (Å²) >= 11 is 0. The highest BCUT2D eigenvalue weighted by molar-refractivity contribution is 5.97. The van der Waals surface area contributed by atoms with Crippen LogP contribution >= 0.6 is 0 Å². The number of benzene rings is 1. The first-order valence-electron chi connectivity index (χ1n) is 5.80. The number of nitrogens with two attached hydrogens (primary N) is 1. The molecule has 1 aromatic rings. The van der Waals surface area contributed by atoms with E-state index in [-0.39, 0.29) is 24.4 Å². The lowest BCUT2D eigenvalue weighted by Gasteiger charge is -2.34. The zero-order valence-electron chi connectivity index (χ0n) is 10.1. The fourth-order valence-electron chi connectivity index (χ4n) is 2.03. The SMILES string of the molecule is NC(=O)C1CNCCN1C(=O)c1ccc(O)cc1F. The molecule has 1 atom stereocenters. The summed E-state index contributed by atoms with van der Waals surface area (Å²) in [7, 11) is 0. The first-order valence-corrected chi connectivity index (χ1v) is 5.80. The maximum atomic E-state index is 13.6. The monoisotopic (exact) mass is 267 g/mol. The Morgan fingerprint density at radius 2 is 2.21 bits per heavy atom. The Kier molecular flexibility index (Phi) is 3.66. The second-order valence-electron chi connectivity index (χ2n) is 4.28. The summed E-state index contributed by atoms with van der Waals surface area (Å²) in [5.41, 5.74) is 5.04. The van der Waals surface area contributed by atoms with E-state index in [1.807, 2.05) is 0 Å². The van der Waals surface area contributed by atoms with Gasteiger partial charge in [0.05, 0.1) is 5.56 Å². The number of phenols is 1. The molecule has 0 bridgehead atoms. The van der Waals surface area contributed by atoms with Crippen molar-refractivity contribution in [2.75, 3.05) is 19.6 Å². The molecule has 7 heteroatoms. The largest absolute Gasteiger partial charge is 0.508 e. The molecule has 2 rings (SSSR count). The Morgan fingerprint density at radius 3 is 2.84 bits per heavy atom. The van der Waals surface area contributed by atoms with Crippen molar-refractivity contribution in [3.05, 3.63) is 29.6 Å². The van der Waals surface area contributed by atoms with Crippen molar-refractivity contribution >= 4 is 11.8 Å². The predicted octanol–water partition coefficient (Wildman–Crippen LogP) is -0.569. The van der Waals surface area contributed by atoms with Gasteiger partial charge in [-0.25, -0.2) is 4.39 Å². The minimum Gasteiger partial charge on any atom is -0.508 e. The normalized spacial score (nSPS) is 19.2. The number of aromatic hydroxyl groups is 1. The maximum absolute atomic E-state index is 13.6. The quantitative estimate of drug-likeness (QED) is 0.668. The van der Waals surface area contributed by atoms with Crippen molar-refractivity contribution in [1.29, 1.82) is 0 Å². The summed E-state index contributed by atoms with van der Waals surface area (Å²) in [4.78, 5) is 24.8. The fourth-order valence-corrected chi connectivity index (χ4v) is 2.03. The number of amides is 2. The molecule has 1 aromatic carbocycles. The van der Waals surface area contributed by atoms with E-state index in [9.17, 15) is 14.0 Å². The number of carbonyl (C=O) groups is 2. The lowest BCUT2D eigenvalue weighted by Crippen LogP contribution is -2.58. The van der Waals surface area contributed by atoms with E-state index in [1.54, 1.807) is 0 Å². The third-order valence-electron chi connectivity index (χ3n) is 3.02. The third-order valence-corrected chi connectivity index (χ3v) is 3.02. The number of nitrogens with one attached hydrogen (secondary N) is 1. The average molecular weight is 267 g/mol. The summed E-state index contributed by atoms with van der Waals surface area (Å²) in [6.07, 6.45) is 0. The van der Waals surface area contributed by atoms with E-state index >= 15 is 0 Å². The van der Waals surface area contributed by atoms with Crippen LogP contribution in [-0.2, 0) is 4.79 Å². The van der Waals surface area contributed by atoms with E-state index in [0.717, 1.165) is 6.07 Å². The molecule has 1 fully saturated rings. The highest BCUT2D eigenvalue weighted by atomic mass is 19.1. The number of hydrogen-bond donors (Lipinski definition) is 3. The van der Waals surface area contributed by atoms with Gasteiger partial charge in [0.1, 0.15) is 17.6 Å². The van der Waals surface area contributed by atoms with Gasteiger partial charge in [-0.15, -0.1) is 0 Å². The standard InChI is InChI=1S/C12H14FN3O3/c13-9-5-7(17)1-2-8(9)12(19)16-4-3-15-6-10(16)11(14)18/h1-2,5,10,15,17H,3-4,6H2,(H2,14,18). The molecule has 0 aliphatic carbocycles. The Morgan fingerprint density at radius 1 is 1.47 bits per heavy atom. The van der Waals surface area contributed by atoms with Crippen molar-refractivity contribution in [1.82, 2.24) is 10.2 Å². The highest BCUT2D eigenvalue weighted by Crippen LogP contribution is 2.18. The molecule has 1 saturated heterocycles. The van der Waals surface area contributed by atoms with E-state index < -0.39 is 23.7 Å². The highest BCUT2D eigenvalue weighted by Gasteiger charge is 2.32. The Balaban J connectivity index is 2.28. The van der Waals surface area contributed by atoms with Gasteiger partial charge < -0.3 is 21.1 Å². The van der Waals surface area contributed by atoms with Crippen molar-refractivity contribution in [3.63, 3.8) is 0 Å². The van der Waals surface area contributed by atoms with E-state index in [0.29, 0.717) is 6.54 Å². The zero-order chi connectivity index (χ0) is 14.0. The predicted molar refractivity (Wildman–Crippen MR) is 65.0 cm³/mol. The van der Waals surface area contributed by atoms with Gasteiger partial charge in [-0.2, -0.15) is 0 Å². The number of piperazine rings is 1. The summed E-state index contributed by atoms with van der Waals surface area (Å²) in [5.74, 6) is -2.34. The first kappa shape index (κ1) is 13.3. The first-order chi connectivity index (χ1) is 9.00. The van der Waals surface area contributed by atoms with Crippen LogP contribution in [0.25, 0.3) is 0 Å². The van der Waals surface area contributed by atoms with Gasteiger partial charge in [0.15, 0.2) is 0 Å². The maximum Gasteiger partial charge on any atom is 0.257 e. The molecular weight excluding hydrogens is 253 g/mol. The number of nitrogens with zero attached hydrogens (tertiary/aromatic N) is 1. The molecule has 0 spiro atoms. The van der Waals surface area contributed by atoms with Gasteiger partial charge in [-0.05, 0) is 12.1 Å². The van der Waals surface area contributed by atoms with Crippen LogP contribution in [0.2, 0.25) is 0 Å². The second kappa shape index (κ2) is 5.23. The molecule has 0 radical (unpaired) electrons. The van der Waals surface area contributed by atoms with Crippen LogP contribution in [0.3, 0.4) is 0 Å². The molecular formula is C12H14FN3O3. The van der Waals surface area contributed by atoms with Crippen LogP contribution in [0.1, 0.15) is 10.4 Å². The molecule has 4 N–H and O–H groups in total. The Labute approximate surface area is 109 Å². The lowest BCUT2D eigenvalue weighted by atomic mass is 10.1. The molecule has 19 heavy (non-hydrogen) atoms. The van der Waals surface area contributed by atoms with E-state index in [4.69, 9.17) is 10.8 Å². The van der Waals surface area contributed by atoms with Gasteiger partial charge >= 0.3 is 0 Å². The van der Waals surface area contributed by atoms with Gasteiger partial charge in [0.25, 0.3) is 5.91 Å². The molecule has 1 aliphatic rings. The second-order valence-corrected chi connectivity index (χ2v) is 4.28. The molecule has 6 nitrogen and oxygen atoms in total. The van der Waals surface area contributed by atoms with Crippen molar-refractivity contribution < 1.29 is 19.1 Å². The number of rotatable bonds is 2. The minimum atomic E-state index is -0.827. The number of phenolic OH excluding ortho intramolecular Hbond substituents is 1. The third kappa shape index (κ3) is 2.65. The molecule has 0 aromatic heterocycles. The minimum absolute atomic E-state index is 0.189. The van der Waals surface area contributed by atoms with Gasteiger partial charge in [0, 0.05) is 25.7 Å². The molecule has 1 heterocycles. The van der Waals surface area contributed by atoms with Crippen molar-refractivity contribution in [3.8, 4) is 5.75 Å². The van der Waals surface area contributed by atoms with Crippen LogP contribution < -0.4 is 11.1 Å². The van der Waals surface area contributed by atoms with Crippen LogP contribution in [0.15, 0.2) is 18.2 Å². The van der Waals surface area contributed by atoms with Crippen LogP contribution in [0, 0.1) is 5.82 Å².